The molecule has 0 saturated heterocycles. The lowest BCUT2D eigenvalue weighted by atomic mass is 9.97. The molecule has 0 aliphatic rings. The Kier molecular flexibility index (Phi) is 7.13. The monoisotopic (exact) mass is 418 g/mol. The second-order valence-corrected chi connectivity index (χ2v) is 9.40. The first-order valence-electron chi connectivity index (χ1n) is 9.35. The molecular formula is C21H26N2O5S. The fourth-order valence-electron chi connectivity index (χ4n) is 2.57. The number of esters is 1. The number of nitrogens with one attached hydrogen (secondary N) is 1. The third-order valence-electron chi connectivity index (χ3n) is 4.21. The molecule has 156 valence electrons. The van der Waals surface area contributed by atoms with Crippen LogP contribution in [0.25, 0.3) is 0 Å². The first-order valence-corrected chi connectivity index (χ1v) is 10.8. The topological polar surface area (TPSA) is 102 Å². The van der Waals surface area contributed by atoms with Crippen molar-refractivity contribution in [1.82, 2.24) is 0 Å². The van der Waals surface area contributed by atoms with Crippen molar-refractivity contribution in [1.29, 1.82) is 0 Å². The van der Waals surface area contributed by atoms with Crippen molar-refractivity contribution in [3.63, 3.8) is 0 Å². The van der Waals surface area contributed by atoms with Gasteiger partial charge in [0.05, 0.1) is 16.0 Å². The molecular weight excluding hydrogens is 392 g/mol. The average molecular weight is 419 g/mol. The lowest BCUT2D eigenvalue weighted by Crippen LogP contribution is -2.25. The maximum Gasteiger partial charge on any atom is 0.316 e. The molecule has 7 nitrogen and oxygen atoms in total. The summed E-state index contributed by atoms with van der Waals surface area (Å²) in [7, 11) is -3.90. The highest BCUT2D eigenvalue weighted by Gasteiger charge is 2.24. The van der Waals surface area contributed by atoms with E-state index in [2.05, 4.69) is 9.90 Å². The summed E-state index contributed by atoms with van der Waals surface area (Å²) < 4.78 is 33.4. The second-order valence-electron chi connectivity index (χ2n) is 7.71. The number of nitrogens with zero attached hydrogens (tertiary/aromatic N) is 1. The summed E-state index contributed by atoms with van der Waals surface area (Å²) in [6.07, 6.45) is 1.27. The zero-order valence-electron chi connectivity index (χ0n) is 17.0. The van der Waals surface area contributed by atoms with Crippen molar-refractivity contribution in [3.05, 3.63) is 59.0 Å². The summed E-state index contributed by atoms with van der Waals surface area (Å²) in [6.45, 7) is 7.12. The number of benzene rings is 2. The van der Waals surface area contributed by atoms with Gasteiger partial charge in [0.1, 0.15) is 11.8 Å². The zero-order valence-corrected chi connectivity index (χ0v) is 17.8. The normalized spacial score (nSPS) is 12.8. The van der Waals surface area contributed by atoms with Gasteiger partial charge in [-0.2, -0.15) is 4.91 Å². The molecule has 1 unspecified atom stereocenters. The Morgan fingerprint density at radius 3 is 2.28 bits per heavy atom. The molecule has 2 aromatic rings. The Labute approximate surface area is 171 Å². The Hall–Kier alpha value is -2.74. The van der Waals surface area contributed by atoms with E-state index in [-0.39, 0.29) is 10.6 Å². The van der Waals surface area contributed by atoms with Crippen LogP contribution in [0.15, 0.2) is 58.6 Å². The summed E-state index contributed by atoms with van der Waals surface area (Å²) in [4.78, 5) is 23.2. The Morgan fingerprint density at radius 2 is 1.72 bits per heavy atom. The van der Waals surface area contributed by atoms with E-state index in [1.165, 1.54) is 24.3 Å². The molecule has 0 aromatic heterocycles. The Balaban J connectivity index is 2.25. The van der Waals surface area contributed by atoms with E-state index in [1.54, 1.807) is 45.0 Å². The number of hydrogen-bond acceptors (Lipinski definition) is 6. The zero-order chi connectivity index (χ0) is 21.7. The average Bonchev–Trinajstić information content (AvgIpc) is 2.66. The van der Waals surface area contributed by atoms with Crippen molar-refractivity contribution in [2.24, 2.45) is 10.6 Å². The van der Waals surface area contributed by atoms with Crippen LogP contribution in [-0.4, -0.2) is 14.4 Å². The maximum atomic E-state index is 12.8. The largest absolute Gasteiger partial charge is 0.426 e. The van der Waals surface area contributed by atoms with E-state index in [9.17, 15) is 18.1 Å². The van der Waals surface area contributed by atoms with Crippen molar-refractivity contribution < 1.29 is 17.9 Å². The third-order valence-corrected chi connectivity index (χ3v) is 5.59. The highest BCUT2D eigenvalue weighted by molar-refractivity contribution is 7.92. The molecule has 0 bridgehead atoms. The minimum absolute atomic E-state index is 0.00830. The molecule has 0 heterocycles. The lowest BCUT2D eigenvalue weighted by molar-refractivity contribution is -0.143. The molecule has 0 radical (unpaired) electrons. The van der Waals surface area contributed by atoms with E-state index in [0.717, 1.165) is 6.42 Å². The van der Waals surface area contributed by atoms with Crippen LogP contribution >= 0.6 is 0 Å². The highest BCUT2D eigenvalue weighted by atomic mass is 32.2. The van der Waals surface area contributed by atoms with Gasteiger partial charge < -0.3 is 4.74 Å². The number of carbonyl (C=O) groups is 1. The number of hydrogen-bond donors (Lipinski definition) is 1. The molecule has 2 rings (SSSR count). The van der Waals surface area contributed by atoms with Crippen LogP contribution in [0.5, 0.6) is 5.75 Å². The van der Waals surface area contributed by atoms with Gasteiger partial charge in [-0.15, -0.1) is 0 Å². The van der Waals surface area contributed by atoms with Crippen molar-refractivity contribution >= 4 is 21.7 Å². The smallest absolute Gasteiger partial charge is 0.316 e. The molecule has 0 spiro atoms. The van der Waals surface area contributed by atoms with Gasteiger partial charge in [-0.3, -0.25) is 9.52 Å². The van der Waals surface area contributed by atoms with Gasteiger partial charge >= 0.3 is 5.97 Å². The Morgan fingerprint density at radius 1 is 1.10 bits per heavy atom. The number of para-hydroxylation sites is 1. The van der Waals surface area contributed by atoms with Gasteiger partial charge in [-0.1, -0.05) is 36.7 Å². The fourth-order valence-corrected chi connectivity index (χ4v) is 3.66. The highest BCUT2D eigenvalue weighted by Crippen LogP contribution is 2.31. The SMILES string of the molecule is CCCC(N=O)c1ccccc1NS(=O)(=O)c1ccc(OC(=O)C(C)(C)C)cc1. The van der Waals surface area contributed by atoms with Crippen LogP contribution in [0.1, 0.15) is 52.1 Å². The number of rotatable bonds is 8. The quantitative estimate of drug-likeness (QED) is 0.367. The van der Waals surface area contributed by atoms with E-state index in [0.29, 0.717) is 17.7 Å². The number of sulfonamides is 1. The predicted octanol–water partition coefficient (Wildman–Crippen LogP) is 5.05. The van der Waals surface area contributed by atoms with E-state index >= 15 is 0 Å². The summed E-state index contributed by atoms with van der Waals surface area (Å²) in [5.41, 5.74) is 0.176. The number of carbonyl (C=O) groups excluding carboxylic acids is 1. The minimum Gasteiger partial charge on any atom is -0.426 e. The summed E-state index contributed by atoms with van der Waals surface area (Å²) in [5, 5.41) is 3.14. The van der Waals surface area contributed by atoms with Crippen LogP contribution in [0.4, 0.5) is 5.69 Å². The predicted molar refractivity (Wildman–Crippen MR) is 112 cm³/mol. The van der Waals surface area contributed by atoms with Crippen molar-refractivity contribution in [2.75, 3.05) is 4.72 Å². The number of nitroso groups, excluding NO2 is 1. The van der Waals surface area contributed by atoms with E-state index < -0.39 is 27.4 Å². The molecule has 2 aromatic carbocycles. The summed E-state index contributed by atoms with van der Waals surface area (Å²) in [5.74, 6) is -0.152. The lowest BCUT2D eigenvalue weighted by Gasteiger charge is -2.17. The molecule has 0 amide bonds. The maximum absolute atomic E-state index is 12.8. The summed E-state index contributed by atoms with van der Waals surface area (Å²) in [6, 6.07) is 11.7. The molecule has 8 heteroatoms. The molecule has 0 aliphatic carbocycles. The van der Waals surface area contributed by atoms with E-state index in [4.69, 9.17) is 4.74 Å². The number of ether oxygens (including phenoxy) is 1. The minimum atomic E-state index is -3.90. The van der Waals surface area contributed by atoms with Gasteiger partial charge in [-0.25, -0.2) is 8.42 Å². The van der Waals surface area contributed by atoms with Gasteiger partial charge in [0, 0.05) is 5.56 Å². The molecule has 29 heavy (non-hydrogen) atoms. The third kappa shape index (κ3) is 5.87. The standard InChI is InChI=1S/C21H26N2O5S/c1-5-8-18(22-25)17-9-6-7-10-19(17)23-29(26,27)16-13-11-15(12-14-16)28-20(24)21(2,3)4/h6-7,9-14,18,23H,5,8H2,1-4H3. The fraction of sp³-hybridized carbons (Fsp3) is 0.381. The molecule has 0 aliphatic heterocycles. The molecule has 1 atom stereocenters. The molecule has 0 saturated carbocycles. The summed E-state index contributed by atoms with van der Waals surface area (Å²) >= 11 is 0. The van der Waals surface area contributed by atoms with Crippen LogP contribution in [-0.2, 0) is 14.8 Å². The van der Waals surface area contributed by atoms with Gasteiger partial charge in [0.15, 0.2) is 0 Å². The van der Waals surface area contributed by atoms with Gasteiger partial charge in [0.2, 0.25) is 0 Å². The van der Waals surface area contributed by atoms with Gasteiger partial charge in [-0.05, 0) is 57.5 Å². The van der Waals surface area contributed by atoms with Crippen LogP contribution in [0.3, 0.4) is 0 Å². The first-order chi connectivity index (χ1) is 13.6. The van der Waals surface area contributed by atoms with Crippen LogP contribution in [0.2, 0.25) is 0 Å². The molecule has 0 fully saturated rings. The second kappa shape index (κ2) is 9.17. The first kappa shape index (κ1) is 22.5. The van der Waals surface area contributed by atoms with Crippen molar-refractivity contribution in [3.8, 4) is 5.75 Å². The van der Waals surface area contributed by atoms with Crippen molar-refractivity contribution in [2.45, 2.75) is 51.5 Å². The van der Waals surface area contributed by atoms with Crippen LogP contribution < -0.4 is 9.46 Å². The number of anilines is 1. The van der Waals surface area contributed by atoms with E-state index in [1.807, 2.05) is 6.92 Å². The van der Waals surface area contributed by atoms with Crippen LogP contribution in [0, 0.1) is 10.3 Å². The van der Waals surface area contributed by atoms with Gasteiger partial charge in [0.25, 0.3) is 10.0 Å². The molecule has 1 N–H and O–H groups in total. The Bertz CT molecular complexity index is 963.